The van der Waals surface area contributed by atoms with Crippen LogP contribution in [0.1, 0.15) is 46.1 Å². The highest BCUT2D eigenvalue weighted by Gasteiger charge is 2.27. The number of likely N-dealkylation sites (tertiary alicyclic amines) is 1. The van der Waals surface area contributed by atoms with Crippen LogP contribution in [0.3, 0.4) is 0 Å². The Morgan fingerprint density at radius 1 is 1.36 bits per heavy atom. The molecule has 1 aliphatic rings. The van der Waals surface area contributed by atoms with Crippen LogP contribution in [-0.2, 0) is 11.3 Å². The number of ether oxygens (including phenoxy) is 2. The second-order valence-electron chi connectivity index (χ2n) is 7.97. The summed E-state index contributed by atoms with van der Waals surface area (Å²) in [6.45, 7) is 10.6. The van der Waals surface area contributed by atoms with Gasteiger partial charge in [0.05, 0.1) is 12.6 Å². The molecule has 1 saturated heterocycles. The summed E-state index contributed by atoms with van der Waals surface area (Å²) in [5.74, 6) is 1.72. The number of hydrogen-bond donors (Lipinski definition) is 2. The maximum absolute atomic E-state index is 12.0. The molecule has 0 aromatic heterocycles. The molecule has 1 aromatic rings. The molecule has 1 atom stereocenters. The second-order valence-corrected chi connectivity index (χ2v) is 7.97. The summed E-state index contributed by atoms with van der Waals surface area (Å²) in [5, 5.41) is 6.34. The lowest BCUT2D eigenvalue weighted by atomic mass is 10.2. The first-order valence-corrected chi connectivity index (χ1v) is 9.97. The van der Waals surface area contributed by atoms with Gasteiger partial charge in [0.25, 0.3) is 0 Å². The van der Waals surface area contributed by atoms with Crippen molar-refractivity contribution < 1.29 is 14.3 Å². The van der Waals surface area contributed by atoms with Crippen LogP contribution in [0.4, 0.5) is 4.79 Å². The fourth-order valence-electron chi connectivity index (χ4n) is 3.02. The Morgan fingerprint density at radius 3 is 2.82 bits per heavy atom. The van der Waals surface area contributed by atoms with E-state index in [4.69, 9.17) is 9.47 Å². The summed E-state index contributed by atoms with van der Waals surface area (Å²) in [5.41, 5.74) is 0.646. The van der Waals surface area contributed by atoms with Crippen molar-refractivity contribution in [2.75, 3.05) is 26.7 Å². The summed E-state index contributed by atoms with van der Waals surface area (Å²) in [7, 11) is 1.78. The quantitative estimate of drug-likeness (QED) is 0.576. The molecular weight excluding hydrogens is 356 g/mol. The van der Waals surface area contributed by atoms with E-state index in [-0.39, 0.29) is 12.1 Å². The van der Waals surface area contributed by atoms with Gasteiger partial charge >= 0.3 is 6.09 Å². The smallest absolute Gasteiger partial charge is 0.407 e. The molecule has 0 saturated carbocycles. The standard InChI is InChI=1S/C21H34N4O3/c1-6-12-27-18-9-7-8-16(13-18)14-23-19(22-5)25-11-10-17(15-25)24-20(26)28-21(2,3)4/h7-9,13,17H,6,10-12,14-15H2,1-5H3,(H,22,23)(H,24,26). The molecule has 0 aliphatic carbocycles. The molecule has 28 heavy (non-hydrogen) atoms. The van der Waals surface area contributed by atoms with Crippen LogP contribution in [0.2, 0.25) is 0 Å². The predicted octanol–water partition coefficient (Wildman–Crippen LogP) is 3.15. The summed E-state index contributed by atoms with van der Waals surface area (Å²) in [4.78, 5) is 18.5. The van der Waals surface area contributed by atoms with E-state index < -0.39 is 5.60 Å². The third-order valence-electron chi connectivity index (χ3n) is 4.24. The Morgan fingerprint density at radius 2 is 2.14 bits per heavy atom. The first kappa shape index (κ1) is 21.9. The number of aliphatic imine (C=N–C) groups is 1. The number of carbonyl (C=O) groups excluding carboxylic acids is 1. The Labute approximate surface area is 168 Å². The van der Waals surface area contributed by atoms with Gasteiger partial charge in [-0.25, -0.2) is 4.79 Å². The minimum atomic E-state index is -0.491. The van der Waals surface area contributed by atoms with Gasteiger partial charge in [-0.3, -0.25) is 4.99 Å². The van der Waals surface area contributed by atoms with E-state index in [1.165, 1.54) is 0 Å². The van der Waals surface area contributed by atoms with Crippen molar-refractivity contribution in [3.05, 3.63) is 29.8 Å². The molecule has 1 fully saturated rings. The third kappa shape index (κ3) is 7.29. The molecule has 7 heteroatoms. The number of benzene rings is 1. The average molecular weight is 391 g/mol. The monoisotopic (exact) mass is 390 g/mol. The number of carbonyl (C=O) groups is 1. The molecule has 1 aliphatic heterocycles. The highest BCUT2D eigenvalue weighted by molar-refractivity contribution is 5.80. The van der Waals surface area contributed by atoms with Gasteiger partial charge in [-0.2, -0.15) is 0 Å². The van der Waals surface area contributed by atoms with Gasteiger partial charge in [-0.05, 0) is 51.3 Å². The fraction of sp³-hybridized carbons (Fsp3) is 0.619. The maximum Gasteiger partial charge on any atom is 0.407 e. The molecule has 1 heterocycles. The second kappa shape index (κ2) is 10.2. The van der Waals surface area contributed by atoms with Gasteiger partial charge in [-0.1, -0.05) is 19.1 Å². The zero-order valence-electron chi connectivity index (χ0n) is 17.7. The van der Waals surface area contributed by atoms with Gasteiger partial charge in [-0.15, -0.1) is 0 Å². The summed E-state index contributed by atoms with van der Waals surface area (Å²) >= 11 is 0. The van der Waals surface area contributed by atoms with Gasteiger partial charge < -0.3 is 25.0 Å². The number of nitrogens with one attached hydrogen (secondary N) is 2. The number of hydrogen-bond acceptors (Lipinski definition) is 4. The van der Waals surface area contributed by atoms with Crippen LogP contribution in [0.25, 0.3) is 0 Å². The van der Waals surface area contributed by atoms with E-state index in [1.54, 1.807) is 7.05 Å². The Balaban J connectivity index is 1.83. The minimum Gasteiger partial charge on any atom is -0.494 e. The van der Waals surface area contributed by atoms with Crippen LogP contribution < -0.4 is 15.4 Å². The molecular formula is C21H34N4O3. The van der Waals surface area contributed by atoms with Crippen LogP contribution in [0.15, 0.2) is 29.3 Å². The number of alkyl carbamates (subject to hydrolysis) is 1. The van der Waals surface area contributed by atoms with E-state index in [0.717, 1.165) is 43.3 Å². The van der Waals surface area contributed by atoms with Crippen molar-refractivity contribution in [2.45, 2.75) is 58.7 Å². The van der Waals surface area contributed by atoms with E-state index in [2.05, 4.69) is 33.5 Å². The topological polar surface area (TPSA) is 75.2 Å². The molecule has 0 bridgehead atoms. The van der Waals surface area contributed by atoms with E-state index in [0.29, 0.717) is 13.1 Å². The Bertz CT molecular complexity index is 670. The Hall–Kier alpha value is -2.44. The van der Waals surface area contributed by atoms with E-state index in [1.807, 2.05) is 39.0 Å². The lowest BCUT2D eigenvalue weighted by Crippen LogP contribution is -2.44. The van der Waals surface area contributed by atoms with E-state index >= 15 is 0 Å². The van der Waals surface area contributed by atoms with Crippen molar-refractivity contribution >= 4 is 12.1 Å². The molecule has 1 aromatic carbocycles. The van der Waals surface area contributed by atoms with Crippen molar-refractivity contribution in [2.24, 2.45) is 4.99 Å². The van der Waals surface area contributed by atoms with Crippen molar-refractivity contribution in [3.63, 3.8) is 0 Å². The molecule has 2 N–H and O–H groups in total. The molecule has 0 radical (unpaired) electrons. The first-order valence-electron chi connectivity index (χ1n) is 9.97. The molecule has 1 amide bonds. The normalized spacial score (nSPS) is 17.4. The summed E-state index contributed by atoms with van der Waals surface area (Å²) < 4.78 is 11.0. The maximum atomic E-state index is 12.0. The number of guanidine groups is 1. The van der Waals surface area contributed by atoms with Crippen LogP contribution in [0, 0.1) is 0 Å². The van der Waals surface area contributed by atoms with Gasteiger partial charge in [0.1, 0.15) is 11.4 Å². The summed E-state index contributed by atoms with van der Waals surface area (Å²) in [6.07, 6.45) is 1.48. The highest BCUT2D eigenvalue weighted by atomic mass is 16.6. The Kier molecular flexibility index (Phi) is 7.96. The minimum absolute atomic E-state index is 0.0548. The van der Waals surface area contributed by atoms with Gasteiger partial charge in [0, 0.05) is 26.7 Å². The van der Waals surface area contributed by atoms with Crippen LogP contribution >= 0.6 is 0 Å². The molecule has 1 unspecified atom stereocenters. The van der Waals surface area contributed by atoms with Crippen LogP contribution in [-0.4, -0.2) is 55.3 Å². The molecule has 2 rings (SSSR count). The largest absolute Gasteiger partial charge is 0.494 e. The van der Waals surface area contributed by atoms with Gasteiger partial charge in [0.15, 0.2) is 5.96 Å². The third-order valence-corrected chi connectivity index (χ3v) is 4.24. The predicted molar refractivity (Wildman–Crippen MR) is 112 cm³/mol. The zero-order valence-corrected chi connectivity index (χ0v) is 17.7. The molecule has 7 nitrogen and oxygen atoms in total. The number of rotatable bonds is 6. The van der Waals surface area contributed by atoms with Crippen molar-refractivity contribution in [1.29, 1.82) is 0 Å². The van der Waals surface area contributed by atoms with E-state index in [9.17, 15) is 4.79 Å². The zero-order chi connectivity index (χ0) is 20.6. The number of nitrogens with zero attached hydrogens (tertiary/aromatic N) is 2. The highest BCUT2D eigenvalue weighted by Crippen LogP contribution is 2.15. The SMILES string of the molecule is CCCOc1cccc(CNC(=NC)N2CCC(NC(=O)OC(C)(C)C)C2)c1. The summed E-state index contributed by atoms with van der Waals surface area (Å²) in [6, 6.07) is 8.14. The van der Waals surface area contributed by atoms with Crippen molar-refractivity contribution in [1.82, 2.24) is 15.5 Å². The lowest BCUT2D eigenvalue weighted by molar-refractivity contribution is 0.0507. The fourth-order valence-corrected chi connectivity index (χ4v) is 3.02. The first-order chi connectivity index (χ1) is 13.3. The lowest BCUT2D eigenvalue weighted by Gasteiger charge is -2.23. The average Bonchev–Trinajstić information content (AvgIpc) is 3.07. The molecule has 0 spiro atoms. The van der Waals surface area contributed by atoms with Gasteiger partial charge in [0.2, 0.25) is 0 Å². The van der Waals surface area contributed by atoms with Crippen LogP contribution in [0.5, 0.6) is 5.75 Å². The molecule has 156 valence electrons. The number of amides is 1. The van der Waals surface area contributed by atoms with Crippen molar-refractivity contribution in [3.8, 4) is 5.75 Å².